The van der Waals surface area contributed by atoms with Crippen molar-refractivity contribution in [1.29, 1.82) is 0 Å². The molecule has 0 aliphatic heterocycles. The van der Waals surface area contributed by atoms with Gasteiger partial charge < -0.3 is 21.1 Å². The Morgan fingerprint density at radius 3 is 2.37 bits per heavy atom. The van der Waals surface area contributed by atoms with E-state index in [1.165, 1.54) is 0 Å². The highest BCUT2D eigenvalue weighted by atomic mass is 31.0. The van der Waals surface area contributed by atoms with Crippen molar-refractivity contribution in [3.63, 3.8) is 0 Å². The second-order valence-corrected chi connectivity index (χ2v) is 6.84. The van der Waals surface area contributed by atoms with Crippen molar-refractivity contribution in [2.24, 2.45) is 5.92 Å². The summed E-state index contributed by atoms with van der Waals surface area (Å²) < 4.78 is 0. The van der Waals surface area contributed by atoms with E-state index >= 15 is 0 Å². The zero-order valence-electron chi connectivity index (χ0n) is 15.7. The lowest BCUT2D eigenvalue weighted by Crippen LogP contribution is -2.51. The molecule has 5 N–H and O–H groups in total. The number of nitrogens with one attached hydrogen (secondary N) is 4. The summed E-state index contributed by atoms with van der Waals surface area (Å²) in [6, 6.07) is 5.63. The van der Waals surface area contributed by atoms with E-state index in [0.29, 0.717) is 31.5 Å². The lowest BCUT2D eigenvalue weighted by molar-refractivity contribution is -0.128. The average molecular weight is 396 g/mol. The average Bonchev–Trinajstić information content (AvgIpc) is 2.65. The molecule has 1 aromatic carbocycles. The molecule has 0 heterocycles. The van der Waals surface area contributed by atoms with Crippen LogP contribution in [0.3, 0.4) is 0 Å². The van der Waals surface area contributed by atoms with Crippen molar-refractivity contribution in [3.05, 3.63) is 29.8 Å². The molecule has 0 radical (unpaired) electrons. The van der Waals surface area contributed by atoms with Crippen LogP contribution < -0.4 is 21.0 Å². The minimum atomic E-state index is -0.733. The van der Waals surface area contributed by atoms with Crippen molar-refractivity contribution >= 4 is 33.3 Å². The van der Waals surface area contributed by atoms with Gasteiger partial charge in [-0.3, -0.25) is 19.5 Å². The molecule has 0 bridgehead atoms. The number of rotatable bonds is 12. The molecule has 0 aliphatic carbocycles. The highest BCUT2D eigenvalue weighted by Gasteiger charge is 2.26. The smallest absolute Gasteiger partial charge is 0.246 e. The molecule has 1 aromatic rings. The Labute approximate surface area is 162 Å². The van der Waals surface area contributed by atoms with Crippen LogP contribution in [0.15, 0.2) is 24.3 Å². The number of aliphatic hydroxyl groups is 1. The maximum absolute atomic E-state index is 12.7. The van der Waals surface area contributed by atoms with Crippen molar-refractivity contribution in [2.75, 3.05) is 11.9 Å². The quantitative estimate of drug-likeness (QED) is 0.201. The van der Waals surface area contributed by atoms with Crippen molar-refractivity contribution < 1.29 is 19.5 Å². The summed E-state index contributed by atoms with van der Waals surface area (Å²) in [5.74, 6) is -0.550. The number of carbonyl (C=O) groups excluding carboxylic acids is 3. The first kappa shape index (κ1) is 23.0. The molecular formula is C18H29N4O4P. The molecule has 3 atom stereocenters. The maximum Gasteiger partial charge on any atom is 0.246 e. The normalized spacial score (nSPS) is 12.9. The van der Waals surface area contributed by atoms with Gasteiger partial charge in [-0.2, -0.15) is 0 Å². The van der Waals surface area contributed by atoms with E-state index in [1.807, 2.05) is 13.8 Å². The van der Waals surface area contributed by atoms with E-state index in [0.717, 1.165) is 5.56 Å². The van der Waals surface area contributed by atoms with E-state index in [4.69, 9.17) is 5.11 Å². The third-order valence-corrected chi connectivity index (χ3v) is 4.42. The largest absolute Gasteiger partial charge is 0.392 e. The van der Waals surface area contributed by atoms with Crippen molar-refractivity contribution in [3.8, 4) is 0 Å². The predicted molar refractivity (Wildman–Crippen MR) is 108 cm³/mol. The Morgan fingerprint density at radius 2 is 1.85 bits per heavy atom. The van der Waals surface area contributed by atoms with E-state index in [9.17, 15) is 14.4 Å². The summed E-state index contributed by atoms with van der Waals surface area (Å²) in [4.78, 5) is 35.5. The molecule has 0 saturated heterocycles. The highest BCUT2D eigenvalue weighted by molar-refractivity contribution is 7.13. The van der Waals surface area contributed by atoms with Crippen LogP contribution in [-0.2, 0) is 21.0 Å². The topological polar surface area (TPSA) is 120 Å². The number of carbonyl (C=O) groups is 3. The Morgan fingerprint density at radius 1 is 1.19 bits per heavy atom. The second-order valence-electron chi connectivity index (χ2n) is 6.51. The monoisotopic (exact) mass is 396 g/mol. The van der Waals surface area contributed by atoms with Crippen LogP contribution in [0.4, 0.5) is 5.69 Å². The SMILES string of the molecule is CC(C)C(NP)C(=O)NC(CCCNC=O)C(=O)Nc1ccc(CO)cc1. The molecule has 0 spiro atoms. The summed E-state index contributed by atoms with van der Waals surface area (Å²) in [7, 11) is 2.33. The lowest BCUT2D eigenvalue weighted by atomic mass is 10.0. The minimum absolute atomic E-state index is 0.0500. The molecular weight excluding hydrogens is 367 g/mol. The number of benzene rings is 1. The predicted octanol–water partition coefficient (Wildman–Crippen LogP) is 0.533. The fourth-order valence-electron chi connectivity index (χ4n) is 2.49. The van der Waals surface area contributed by atoms with Gasteiger partial charge in [0.05, 0.1) is 12.6 Å². The summed E-state index contributed by atoms with van der Waals surface area (Å²) in [5, 5.41) is 20.1. The van der Waals surface area contributed by atoms with E-state index in [-0.39, 0.29) is 24.3 Å². The molecule has 9 heteroatoms. The van der Waals surface area contributed by atoms with Gasteiger partial charge in [-0.05, 0) is 36.5 Å². The summed E-state index contributed by atoms with van der Waals surface area (Å²) in [6.07, 6.45) is 1.53. The number of anilines is 1. The van der Waals surface area contributed by atoms with Gasteiger partial charge in [0.25, 0.3) is 0 Å². The van der Waals surface area contributed by atoms with Gasteiger partial charge in [-0.15, -0.1) is 0 Å². The fourth-order valence-corrected chi connectivity index (χ4v) is 3.03. The standard InChI is InChI=1S/C18H29N4O4P/c1-12(2)16(22-27)18(26)21-15(4-3-9-19-11-24)17(25)20-14-7-5-13(10-23)6-8-14/h5-8,11-12,15-16,22-23H,3-4,9-10,27H2,1-2H3,(H,19,24)(H,20,25)(H,21,26). The van der Waals surface area contributed by atoms with Gasteiger partial charge in [0.2, 0.25) is 18.2 Å². The molecule has 0 aliphatic rings. The van der Waals surface area contributed by atoms with Gasteiger partial charge in [-0.25, -0.2) is 0 Å². The van der Waals surface area contributed by atoms with Gasteiger partial charge >= 0.3 is 0 Å². The zero-order valence-corrected chi connectivity index (χ0v) is 16.9. The van der Waals surface area contributed by atoms with Gasteiger partial charge in [0.1, 0.15) is 6.04 Å². The molecule has 0 aromatic heterocycles. The molecule has 150 valence electrons. The van der Waals surface area contributed by atoms with E-state index < -0.39 is 12.1 Å². The van der Waals surface area contributed by atoms with Gasteiger partial charge in [-0.1, -0.05) is 35.4 Å². The highest BCUT2D eigenvalue weighted by Crippen LogP contribution is 2.12. The number of hydrogen-bond donors (Lipinski definition) is 5. The number of hydrogen-bond acceptors (Lipinski definition) is 5. The first-order chi connectivity index (χ1) is 12.9. The molecule has 3 unspecified atom stereocenters. The summed E-state index contributed by atoms with van der Waals surface area (Å²) in [6.45, 7) is 4.17. The molecule has 8 nitrogen and oxygen atoms in total. The Balaban J connectivity index is 2.79. The van der Waals surface area contributed by atoms with Crippen LogP contribution in [0, 0.1) is 5.92 Å². The van der Waals surface area contributed by atoms with Crippen LogP contribution in [0.1, 0.15) is 32.3 Å². The molecule has 27 heavy (non-hydrogen) atoms. The summed E-state index contributed by atoms with van der Waals surface area (Å²) in [5.41, 5.74) is 1.32. The van der Waals surface area contributed by atoms with Gasteiger partial charge in [0, 0.05) is 12.2 Å². The van der Waals surface area contributed by atoms with Crippen LogP contribution >= 0.6 is 9.39 Å². The molecule has 1 rings (SSSR count). The first-order valence-electron chi connectivity index (χ1n) is 8.87. The Kier molecular flexibility index (Phi) is 10.6. The molecule has 0 saturated carbocycles. The molecule has 0 fully saturated rings. The minimum Gasteiger partial charge on any atom is -0.392 e. The zero-order chi connectivity index (χ0) is 20.2. The van der Waals surface area contributed by atoms with Crippen LogP contribution in [0.2, 0.25) is 0 Å². The fraction of sp³-hybridized carbons (Fsp3) is 0.500. The summed E-state index contributed by atoms with van der Waals surface area (Å²) >= 11 is 0. The number of amides is 3. The van der Waals surface area contributed by atoms with Gasteiger partial charge in [0.15, 0.2) is 0 Å². The second kappa shape index (κ2) is 12.4. The Bertz CT molecular complexity index is 610. The molecule has 3 amide bonds. The Hall–Kier alpha value is -2.02. The van der Waals surface area contributed by atoms with Crippen LogP contribution in [-0.4, -0.2) is 42.0 Å². The number of aliphatic hydroxyl groups excluding tert-OH is 1. The maximum atomic E-state index is 12.7. The van der Waals surface area contributed by atoms with Crippen molar-refractivity contribution in [2.45, 2.75) is 45.4 Å². The van der Waals surface area contributed by atoms with Crippen LogP contribution in [0.5, 0.6) is 0 Å². The lowest BCUT2D eigenvalue weighted by Gasteiger charge is -2.24. The van der Waals surface area contributed by atoms with Crippen molar-refractivity contribution in [1.82, 2.24) is 15.7 Å². The third-order valence-electron chi connectivity index (χ3n) is 4.06. The van der Waals surface area contributed by atoms with E-state index in [1.54, 1.807) is 24.3 Å². The third kappa shape index (κ3) is 8.03. The first-order valence-corrected chi connectivity index (χ1v) is 9.44. The van der Waals surface area contributed by atoms with Crippen LogP contribution in [0.25, 0.3) is 0 Å². The van der Waals surface area contributed by atoms with E-state index in [2.05, 4.69) is 30.4 Å².